The number of azo groups is 2. The summed E-state index contributed by atoms with van der Waals surface area (Å²) in [6, 6.07) is 0. The van der Waals surface area contributed by atoms with E-state index in [0.29, 0.717) is 0 Å². The van der Waals surface area contributed by atoms with Crippen LogP contribution in [0.3, 0.4) is 0 Å². The zero-order chi connectivity index (χ0) is 24.9. The zero-order valence-corrected chi connectivity index (χ0v) is 29.4. The second kappa shape index (κ2) is 16.4. The summed E-state index contributed by atoms with van der Waals surface area (Å²) in [5.41, 5.74) is 0. The second-order valence-electron chi connectivity index (χ2n) is 11.2. The molecule has 0 spiro atoms. The molecular weight excluding hydrogens is 630 g/mol. The van der Waals surface area contributed by atoms with Crippen molar-refractivity contribution in [2.24, 2.45) is 20.5 Å². The first-order chi connectivity index (χ1) is 16.6. The maximum atomic E-state index is 4.87. The van der Waals surface area contributed by atoms with Gasteiger partial charge in [0.05, 0.1) is 0 Å². The number of hydrogen-bond acceptors (Lipinski definition) is 4. The summed E-state index contributed by atoms with van der Waals surface area (Å²) in [7, 11) is 0. The van der Waals surface area contributed by atoms with Crippen molar-refractivity contribution in [3.05, 3.63) is 7.18 Å². The minimum absolute atomic E-state index is 0.0117. The molecule has 3 aliphatic rings. The maximum absolute atomic E-state index is 4.87. The Morgan fingerprint density at radius 3 is 0.794 bits per heavy atom. The minimum atomic E-state index is -2.67. The Hall–Kier alpha value is 0.537. The first kappa shape index (κ1) is 30.8. The van der Waals surface area contributed by atoms with Gasteiger partial charge in [0.25, 0.3) is 0 Å². The molecule has 0 aromatic heterocycles. The summed E-state index contributed by atoms with van der Waals surface area (Å²) < 4.78 is 12.9. The van der Waals surface area contributed by atoms with Crippen LogP contribution in [0.5, 0.6) is 0 Å². The molecule has 6 heteroatoms. The number of unbranched alkanes of at least 4 members (excludes halogenated alkanes) is 6. The van der Waals surface area contributed by atoms with E-state index in [1.807, 2.05) is 7.18 Å². The molecule has 3 aliphatic heterocycles. The van der Waals surface area contributed by atoms with Crippen molar-refractivity contribution in [3.8, 4) is 0 Å². The molecule has 0 amide bonds. The van der Waals surface area contributed by atoms with Crippen molar-refractivity contribution in [3.63, 3.8) is 0 Å². The van der Waals surface area contributed by atoms with E-state index in [4.69, 9.17) is 20.5 Å². The topological polar surface area (TPSA) is 49.4 Å². The van der Waals surface area contributed by atoms with E-state index in [9.17, 15) is 0 Å². The third kappa shape index (κ3) is 7.77. The van der Waals surface area contributed by atoms with E-state index in [1.54, 1.807) is 0 Å². The second-order valence-corrected chi connectivity index (χ2v) is 37.5. The molecule has 3 heterocycles. The van der Waals surface area contributed by atoms with Crippen molar-refractivity contribution in [2.75, 3.05) is 0 Å². The number of rotatable bonds is 20. The summed E-state index contributed by atoms with van der Waals surface area (Å²) in [5, 5.41) is 19.5. The Bertz CT molecular complexity index is 562. The molecule has 34 heavy (non-hydrogen) atoms. The first-order valence-corrected chi connectivity index (χ1v) is 30.1. The van der Waals surface area contributed by atoms with Crippen LogP contribution in [0.2, 0.25) is 26.6 Å². The van der Waals surface area contributed by atoms with Crippen LogP contribution in [-0.2, 0) is 0 Å². The van der Waals surface area contributed by atoms with Crippen molar-refractivity contribution < 1.29 is 0 Å². The molecule has 0 N–H and O–H groups in total. The molecular formula is C28H56N4Sn2. The summed E-state index contributed by atoms with van der Waals surface area (Å²) in [4.78, 5) is 0. The molecule has 0 aromatic rings. The van der Waals surface area contributed by atoms with E-state index >= 15 is 0 Å². The van der Waals surface area contributed by atoms with Gasteiger partial charge in [0.2, 0.25) is 0 Å². The SMILES string of the molecule is CCC[CH2][Sn]([CH2]CCC)([CH2]CCC)[C]1=[C]([Sn]([CH2]CCC)([CH2]CCC)[CH2]CCC)C2N=NC1N=N2. The average molecular weight is 686 g/mol. The van der Waals surface area contributed by atoms with Crippen LogP contribution < -0.4 is 0 Å². The van der Waals surface area contributed by atoms with Gasteiger partial charge in [0.15, 0.2) is 0 Å². The van der Waals surface area contributed by atoms with Gasteiger partial charge in [-0.05, 0) is 0 Å². The Kier molecular flexibility index (Phi) is 14.8. The van der Waals surface area contributed by atoms with E-state index in [2.05, 4.69) is 41.5 Å². The van der Waals surface area contributed by atoms with Crippen LogP contribution in [-0.4, -0.2) is 49.1 Å². The third-order valence-corrected chi connectivity index (χ3v) is 42.6. The predicted octanol–water partition coefficient (Wildman–Crippen LogP) is 10.6. The Morgan fingerprint density at radius 2 is 0.618 bits per heavy atom. The standard InChI is InChI=1S/C4H2N4.6C4H9.2Sn/c1-2-4-7-5-3(1)6-8-4;6*1-3-4-2;;/h3-4H;6*1,3-4H2,2H3;;. The summed E-state index contributed by atoms with van der Waals surface area (Å²) in [6.07, 6.45) is 16.4. The first-order valence-electron chi connectivity index (χ1n) is 15.1. The Balaban J connectivity index is 2.75. The molecule has 196 valence electrons. The molecule has 0 aromatic carbocycles. The molecule has 0 unspecified atom stereocenters. The molecule has 3 rings (SSSR count). The molecule has 0 saturated heterocycles. The fraction of sp³-hybridized carbons (Fsp3) is 0.929. The van der Waals surface area contributed by atoms with Crippen LogP contribution in [0.15, 0.2) is 27.6 Å². The van der Waals surface area contributed by atoms with Crippen molar-refractivity contribution in [1.29, 1.82) is 0 Å². The fourth-order valence-electron chi connectivity index (χ4n) is 6.58. The van der Waals surface area contributed by atoms with E-state index in [1.165, 1.54) is 104 Å². The van der Waals surface area contributed by atoms with E-state index < -0.39 is 36.8 Å². The van der Waals surface area contributed by atoms with Gasteiger partial charge in [-0.3, -0.25) is 0 Å². The van der Waals surface area contributed by atoms with Gasteiger partial charge >= 0.3 is 222 Å². The Morgan fingerprint density at radius 1 is 0.412 bits per heavy atom. The van der Waals surface area contributed by atoms with Gasteiger partial charge in [-0.2, -0.15) is 0 Å². The van der Waals surface area contributed by atoms with Gasteiger partial charge in [0, 0.05) is 0 Å². The monoisotopic (exact) mass is 688 g/mol. The van der Waals surface area contributed by atoms with Crippen LogP contribution in [0.1, 0.15) is 119 Å². The van der Waals surface area contributed by atoms with E-state index in [-0.39, 0.29) is 12.3 Å². The Labute approximate surface area is 220 Å². The molecule has 0 fully saturated rings. The van der Waals surface area contributed by atoms with Crippen molar-refractivity contribution in [2.45, 2.75) is 158 Å². The van der Waals surface area contributed by atoms with Crippen molar-refractivity contribution in [1.82, 2.24) is 0 Å². The fourth-order valence-corrected chi connectivity index (χ4v) is 51.1. The van der Waals surface area contributed by atoms with Crippen LogP contribution in [0.25, 0.3) is 0 Å². The normalized spacial score (nSPS) is 20.1. The number of hydrogen-bond donors (Lipinski definition) is 0. The van der Waals surface area contributed by atoms with Gasteiger partial charge in [-0.1, -0.05) is 0 Å². The van der Waals surface area contributed by atoms with Crippen LogP contribution in [0, 0.1) is 0 Å². The zero-order valence-electron chi connectivity index (χ0n) is 23.7. The van der Waals surface area contributed by atoms with E-state index in [0.717, 1.165) is 0 Å². The van der Waals surface area contributed by atoms with Gasteiger partial charge in [-0.15, -0.1) is 0 Å². The van der Waals surface area contributed by atoms with Crippen LogP contribution in [0.4, 0.5) is 0 Å². The average Bonchev–Trinajstić information content (AvgIpc) is 2.88. The quantitative estimate of drug-likeness (QED) is 0.115. The molecule has 0 saturated carbocycles. The third-order valence-electron chi connectivity index (χ3n) is 8.57. The van der Waals surface area contributed by atoms with Gasteiger partial charge < -0.3 is 0 Å². The molecule has 2 bridgehead atoms. The molecule has 0 radical (unpaired) electrons. The summed E-state index contributed by atoms with van der Waals surface area (Å²) in [6.45, 7) is 14.4. The van der Waals surface area contributed by atoms with Gasteiger partial charge in [-0.25, -0.2) is 0 Å². The number of nitrogens with zero attached hydrogens (tertiary/aromatic N) is 4. The predicted molar refractivity (Wildman–Crippen MR) is 154 cm³/mol. The molecule has 4 nitrogen and oxygen atoms in total. The van der Waals surface area contributed by atoms with Crippen LogP contribution >= 0.6 is 0 Å². The summed E-state index contributed by atoms with van der Waals surface area (Å²) in [5.74, 6) is 0. The summed E-state index contributed by atoms with van der Waals surface area (Å²) >= 11 is -5.35. The molecule has 0 atom stereocenters. The molecule has 0 aliphatic carbocycles. The van der Waals surface area contributed by atoms with Gasteiger partial charge in [0.1, 0.15) is 0 Å². The van der Waals surface area contributed by atoms with Crippen molar-refractivity contribution >= 4 is 36.8 Å².